The average Bonchev–Trinajstić information content (AvgIpc) is 2.76. The van der Waals surface area contributed by atoms with Crippen molar-refractivity contribution < 1.29 is 19.2 Å². The molecule has 0 spiro atoms. The number of aromatic carboxylic acids is 1. The predicted molar refractivity (Wildman–Crippen MR) is 96.7 cm³/mol. The topological polar surface area (TPSA) is 55.8 Å². The van der Waals surface area contributed by atoms with Crippen LogP contribution in [0.3, 0.4) is 0 Å². The summed E-state index contributed by atoms with van der Waals surface area (Å²) in [4.78, 5) is 11.0. The highest BCUT2D eigenvalue weighted by Crippen LogP contribution is 2.42. The quantitative estimate of drug-likeness (QED) is 0.807. The van der Waals surface area contributed by atoms with Gasteiger partial charge in [0, 0.05) is 0 Å². The number of hydrogen-bond donors (Lipinski definition) is 1. The van der Waals surface area contributed by atoms with E-state index >= 15 is 0 Å². The Morgan fingerprint density at radius 2 is 1.71 bits per heavy atom. The lowest BCUT2D eigenvalue weighted by atomic mass is 9.76. The fourth-order valence-electron chi connectivity index (χ4n) is 3.23. The van der Waals surface area contributed by atoms with E-state index in [0.717, 1.165) is 18.3 Å². The van der Waals surface area contributed by atoms with Gasteiger partial charge in [-0.15, -0.1) is 0 Å². The Kier molecular flexibility index (Phi) is 5.45. The first-order valence-corrected chi connectivity index (χ1v) is 8.78. The van der Waals surface area contributed by atoms with E-state index in [2.05, 4.69) is 41.5 Å². The van der Waals surface area contributed by atoms with Crippen LogP contribution in [0.2, 0.25) is 0 Å². The second kappa shape index (κ2) is 6.89. The summed E-state index contributed by atoms with van der Waals surface area (Å²) < 4.78 is 12.5. The summed E-state index contributed by atoms with van der Waals surface area (Å²) in [7, 11) is -0.461. The SMILES string of the molecule is CCC(C)C(C)CC1(C)OB(c2ccc(C(=O)O)cc2)OC1(C)C. The predicted octanol–water partition coefficient (Wildman–Crippen LogP) is 3.74. The van der Waals surface area contributed by atoms with E-state index in [1.54, 1.807) is 24.3 Å². The molecule has 3 unspecified atom stereocenters. The molecule has 0 amide bonds. The molecule has 5 heteroatoms. The minimum Gasteiger partial charge on any atom is -0.478 e. The van der Waals surface area contributed by atoms with Crippen LogP contribution in [0.4, 0.5) is 0 Å². The minimum absolute atomic E-state index is 0.268. The highest BCUT2D eigenvalue weighted by atomic mass is 16.7. The van der Waals surface area contributed by atoms with Gasteiger partial charge in [0.05, 0.1) is 16.8 Å². The fourth-order valence-corrected chi connectivity index (χ4v) is 3.23. The minimum atomic E-state index is -0.928. The molecule has 1 aromatic rings. The third-order valence-corrected chi connectivity index (χ3v) is 5.80. The van der Waals surface area contributed by atoms with Crippen molar-refractivity contribution >= 4 is 18.6 Å². The van der Waals surface area contributed by atoms with Crippen molar-refractivity contribution in [1.29, 1.82) is 0 Å². The van der Waals surface area contributed by atoms with Crippen molar-refractivity contribution in [3.8, 4) is 0 Å². The summed E-state index contributed by atoms with van der Waals surface area (Å²) in [5.74, 6) is 0.244. The molecule has 0 radical (unpaired) electrons. The van der Waals surface area contributed by atoms with Crippen LogP contribution in [0.1, 0.15) is 64.7 Å². The Morgan fingerprint density at radius 1 is 1.12 bits per heavy atom. The fraction of sp³-hybridized carbons (Fsp3) is 0.632. The summed E-state index contributed by atoms with van der Waals surface area (Å²) in [6.45, 7) is 13.0. The molecule has 3 atom stereocenters. The lowest BCUT2D eigenvalue weighted by molar-refractivity contribution is -0.0303. The van der Waals surface area contributed by atoms with Gasteiger partial charge in [-0.25, -0.2) is 4.79 Å². The molecular formula is C19H29BO4. The summed E-state index contributed by atoms with van der Waals surface area (Å²) in [6.07, 6.45) is 2.08. The summed E-state index contributed by atoms with van der Waals surface area (Å²) >= 11 is 0. The van der Waals surface area contributed by atoms with Gasteiger partial charge in [-0.1, -0.05) is 39.3 Å². The average molecular weight is 332 g/mol. The van der Waals surface area contributed by atoms with E-state index in [4.69, 9.17) is 14.4 Å². The van der Waals surface area contributed by atoms with Crippen LogP contribution in [0.15, 0.2) is 24.3 Å². The van der Waals surface area contributed by atoms with Crippen molar-refractivity contribution in [3.63, 3.8) is 0 Å². The normalized spacial score (nSPS) is 25.5. The number of rotatable bonds is 6. The molecule has 1 saturated heterocycles. The van der Waals surface area contributed by atoms with E-state index in [1.807, 2.05) is 0 Å². The number of benzene rings is 1. The van der Waals surface area contributed by atoms with E-state index < -0.39 is 18.7 Å². The van der Waals surface area contributed by atoms with Gasteiger partial charge in [0.25, 0.3) is 0 Å². The molecule has 4 nitrogen and oxygen atoms in total. The van der Waals surface area contributed by atoms with Crippen molar-refractivity contribution in [2.45, 2.75) is 65.6 Å². The van der Waals surface area contributed by atoms with Crippen molar-refractivity contribution in [2.24, 2.45) is 11.8 Å². The summed E-state index contributed by atoms with van der Waals surface area (Å²) in [5.41, 5.74) is 0.328. The van der Waals surface area contributed by atoms with Crippen LogP contribution in [0.25, 0.3) is 0 Å². The number of carboxylic acid groups (broad SMARTS) is 1. The van der Waals surface area contributed by atoms with Gasteiger partial charge in [0.15, 0.2) is 0 Å². The highest BCUT2D eigenvalue weighted by molar-refractivity contribution is 6.62. The molecule has 132 valence electrons. The van der Waals surface area contributed by atoms with Gasteiger partial charge >= 0.3 is 13.1 Å². The zero-order valence-electron chi connectivity index (χ0n) is 15.6. The molecule has 1 heterocycles. The Bertz CT molecular complexity index is 584. The highest BCUT2D eigenvalue weighted by Gasteiger charge is 2.54. The Balaban J connectivity index is 2.18. The second-order valence-corrected chi connectivity index (χ2v) is 7.80. The van der Waals surface area contributed by atoms with E-state index in [0.29, 0.717) is 11.8 Å². The molecular weight excluding hydrogens is 303 g/mol. The number of hydrogen-bond acceptors (Lipinski definition) is 3. The Hall–Kier alpha value is -1.33. The van der Waals surface area contributed by atoms with E-state index in [-0.39, 0.29) is 11.2 Å². The first-order valence-electron chi connectivity index (χ1n) is 8.78. The molecule has 0 aliphatic carbocycles. The van der Waals surface area contributed by atoms with Gasteiger partial charge in [0.1, 0.15) is 0 Å². The third-order valence-electron chi connectivity index (χ3n) is 5.80. The Labute approximate surface area is 145 Å². The number of carbonyl (C=O) groups is 1. The largest absolute Gasteiger partial charge is 0.494 e. The molecule has 1 fully saturated rings. The van der Waals surface area contributed by atoms with Gasteiger partial charge in [-0.3, -0.25) is 0 Å². The van der Waals surface area contributed by atoms with Crippen molar-refractivity contribution in [2.75, 3.05) is 0 Å². The molecule has 0 saturated carbocycles. The van der Waals surface area contributed by atoms with Crippen LogP contribution in [0, 0.1) is 11.8 Å². The van der Waals surface area contributed by atoms with Gasteiger partial charge in [-0.2, -0.15) is 0 Å². The zero-order valence-corrected chi connectivity index (χ0v) is 15.6. The maximum absolute atomic E-state index is 11.0. The van der Waals surface area contributed by atoms with Crippen LogP contribution in [0.5, 0.6) is 0 Å². The van der Waals surface area contributed by atoms with Crippen LogP contribution >= 0.6 is 0 Å². The van der Waals surface area contributed by atoms with E-state index in [9.17, 15) is 4.79 Å². The third kappa shape index (κ3) is 3.67. The van der Waals surface area contributed by atoms with Crippen LogP contribution < -0.4 is 5.46 Å². The zero-order chi connectivity index (χ0) is 18.1. The first kappa shape index (κ1) is 19.0. The van der Waals surface area contributed by atoms with Crippen molar-refractivity contribution in [1.82, 2.24) is 0 Å². The molecule has 0 bridgehead atoms. The van der Waals surface area contributed by atoms with Crippen LogP contribution in [-0.2, 0) is 9.31 Å². The maximum atomic E-state index is 11.0. The monoisotopic (exact) mass is 332 g/mol. The smallest absolute Gasteiger partial charge is 0.478 e. The van der Waals surface area contributed by atoms with E-state index in [1.165, 1.54) is 0 Å². The van der Waals surface area contributed by atoms with Crippen molar-refractivity contribution in [3.05, 3.63) is 29.8 Å². The molecule has 1 N–H and O–H groups in total. The second-order valence-electron chi connectivity index (χ2n) is 7.80. The molecule has 1 aliphatic rings. The molecule has 1 aliphatic heterocycles. The van der Waals surface area contributed by atoms with Gasteiger partial charge in [0.2, 0.25) is 0 Å². The Morgan fingerprint density at radius 3 is 2.21 bits per heavy atom. The molecule has 2 rings (SSSR count). The molecule has 0 aromatic heterocycles. The van der Waals surface area contributed by atoms with Gasteiger partial charge < -0.3 is 14.4 Å². The summed E-state index contributed by atoms with van der Waals surface area (Å²) in [6, 6.07) is 6.73. The summed E-state index contributed by atoms with van der Waals surface area (Å²) in [5, 5.41) is 9.02. The van der Waals surface area contributed by atoms with Crippen LogP contribution in [-0.4, -0.2) is 29.4 Å². The molecule has 1 aromatic carbocycles. The standard InChI is InChI=1S/C19H29BO4/c1-7-13(2)14(3)12-19(6)18(4,5)23-20(24-19)16-10-8-15(9-11-16)17(21)22/h8-11,13-14H,7,12H2,1-6H3,(H,21,22). The first-order chi connectivity index (χ1) is 11.1. The lowest BCUT2D eigenvalue weighted by Crippen LogP contribution is -2.46. The number of carboxylic acids is 1. The molecule has 24 heavy (non-hydrogen) atoms. The lowest BCUT2D eigenvalue weighted by Gasteiger charge is -2.39. The van der Waals surface area contributed by atoms with Gasteiger partial charge in [-0.05, 0) is 56.6 Å². The maximum Gasteiger partial charge on any atom is 0.494 e.